The third-order valence-electron chi connectivity index (χ3n) is 2.25. The molecule has 13 heavy (non-hydrogen) atoms. The number of ether oxygens (including phenoxy) is 1. The lowest BCUT2D eigenvalue weighted by molar-refractivity contribution is 0.122. The van der Waals surface area contributed by atoms with Gasteiger partial charge in [-0.15, -0.1) is 0 Å². The summed E-state index contributed by atoms with van der Waals surface area (Å²) in [7, 11) is 0. The van der Waals surface area contributed by atoms with Gasteiger partial charge in [0.25, 0.3) is 10.9 Å². The third kappa shape index (κ3) is 1.12. The monoisotopic (exact) mass is 182 g/mol. The van der Waals surface area contributed by atoms with Crippen molar-refractivity contribution in [3.8, 4) is 0 Å². The summed E-state index contributed by atoms with van der Waals surface area (Å²) in [5, 5.41) is 0. The predicted octanol–water partition coefficient (Wildman–Crippen LogP) is -1.30. The predicted molar refractivity (Wildman–Crippen MR) is 48.8 cm³/mol. The highest BCUT2D eigenvalue weighted by Crippen LogP contribution is 2.17. The van der Waals surface area contributed by atoms with Gasteiger partial charge < -0.3 is 15.4 Å². The quantitative estimate of drug-likeness (QED) is 0.546. The van der Waals surface area contributed by atoms with Gasteiger partial charge in [0.05, 0.1) is 13.2 Å². The van der Waals surface area contributed by atoms with Crippen LogP contribution < -0.4 is 21.5 Å². The van der Waals surface area contributed by atoms with E-state index in [1.54, 1.807) is 0 Å². The zero-order chi connectivity index (χ0) is 9.42. The van der Waals surface area contributed by atoms with Crippen molar-refractivity contribution in [3.05, 3.63) is 20.4 Å². The number of nitrogen functional groups attached to an aromatic ring is 1. The Kier molecular flexibility index (Phi) is 1.81. The van der Waals surface area contributed by atoms with Crippen molar-refractivity contribution in [2.45, 2.75) is 0 Å². The highest BCUT2D eigenvalue weighted by atomic mass is 16.5. The van der Waals surface area contributed by atoms with E-state index < -0.39 is 10.9 Å². The number of nitrogens with two attached hydrogens (primary N) is 1. The first-order valence-corrected chi connectivity index (χ1v) is 4.13. The van der Waals surface area contributed by atoms with Crippen LogP contribution in [0.15, 0.2) is 9.59 Å². The molecule has 0 bridgehead atoms. The Hall–Kier alpha value is -1.36. The summed E-state index contributed by atoms with van der Waals surface area (Å²) in [6, 6.07) is 0. The minimum Gasteiger partial charge on any atom is -0.394 e. The van der Waals surface area contributed by atoms with Crippen molar-refractivity contribution >= 4 is 11.4 Å². The molecule has 0 saturated carbocycles. The Bertz CT molecular complexity index is 386. The first-order valence-electron chi connectivity index (χ1n) is 4.13. The lowest BCUT2D eigenvalue weighted by Gasteiger charge is -2.29. The van der Waals surface area contributed by atoms with Crippen LogP contribution in [-0.2, 0) is 4.74 Å². The summed E-state index contributed by atoms with van der Waals surface area (Å²) in [6.07, 6.45) is 0. The van der Waals surface area contributed by atoms with Gasteiger partial charge >= 0.3 is 0 Å². The van der Waals surface area contributed by atoms with Crippen LogP contribution in [0.25, 0.3) is 0 Å². The summed E-state index contributed by atoms with van der Waals surface area (Å²) in [5.41, 5.74) is 4.89. The largest absolute Gasteiger partial charge is 0.394 e. The zero-order valence-corrected chi connectivity index (χ0v) is 7.08. The summed E-state index contributed by atoms with van der Waals surface area (Å²) in [5.74, 6) is 0. The molecule has 0 spiro atoms. The van der Waals surface area contributed by atoms with Crippen molar-refractivity contribution in [1.29, 1.82) is 0 Å². The molecule has 1 saturated heterocycles. The van der Waals surface area contributed by atoms with E-state index in [-0.39, 0.29) is 5.69 Å². The molecule has 5 nitrogen and oxygen atoms in total. The van der Waals surface area contributed by atoms with Crippen molar-refractivity contribution < 1.29 is 4.74 Å². The Morgan fingerprint density at radius 2 is 1.77 bits per heavy atom. The minimum absolute atomic E-state index is 0.104. The van der Waals surface area contributed by atoms with Crippen LogP contribution in [0.2, 0.25) is 0 Å². The topological polar surface area (TPSA) is 72.6 Å². The van der Waals surface area contributed by atoms with E-state index in [1.807, 2.05) is 4.90 Å². The molecule has 1 fully saturated rings. The highest BCUT2D eigenvalue weighted by molar-refractivity contribution is 5.72. The van der Waals surface area contributed by atoms with Gasteiger partial charge in [-0.1, -0.05) is 0 Å². The van der Waals surface area contributed by atoms with Crippen LogP contribution in [0.3, 0.4) is 0 Å². The fourth-order valence-corrected chi connectivity index (χ4v) is 1.50. The fourth-order valence-electron chi connectivity index (χ4n) is 1.50. The second-order valence-electron chi connectivity index (χ2n) is 3.02. The SMILES string of the molecule is Nc1c(N2CCOCC2)c(=O)c1=O. The van der Waals surface area contributed by atoms with E-state index in [2.05, 4.69) is 0 Å². The van der Waals surface area contributed by atoms with E-state index in [1.165, 1.54) is 0 Å². The maximum Gasteiger partial charge on any atom is 0.253 e. The fraction of sp³-hybridized carbons (Fsp3) is 0.500. The zero-order valence-electron chi connectivity index (χ0n) is 7.08. The number of rotatable bonds is 1. The first kappa shape index (κ1) is 8.25. The molecule has 2 rings (SSSR count). The molecular formula is C8H10N2O3. The number of hydrogen-bond donors (Lipinski definition) is 1. The molecule has 0 unspecified atom stereocenters. The Balaban J connectivity index is 2.26. The molecule has 0 aliphatic carbocycles. The van der Waals surface area contributed by atoms with Crippen molar-refractivity contribution in [3.63, 3.8) is 0 Å². The number of anilines is 2. The lowest BCUT2D eigenvalue weighted by Crippen LogP contribution is -2.46. The molecule has 5 heteroatoms. The van der Waals surface area contributed by atoms with Gasteiger partial charge in [0.2, 0.25) is 0 Å². The molecule has 2 N–H and O–H groups in total. The molecule has 1 heterocycles. The summed E-state index contributed by atoms with van der Waals surface area (Å²) in [6.45, 7) is 2.43. The van der Waals surface area contributed by atoms with E-state index in [4.69, 9.17) is 10.5 Å². The molecule has 1 aromatic carbocycles. The average Bonchev–Trinajstić information content (AvgIpc) is 2.19. The van der Waals surface area contributed by atoms with Gasteiger partial charge in [-0.25, -0.2) is 0 Å². The van der Waals surface area contributed by atoms with Gasteiger partial charge in [0.1, 0.15) is 11.4 Å². The van der Waals surface area contributed by atoms with E-state index in [0.717, 1.165) is 0 Å². The molecule has 1 aliphatic rings. The third-order valence-corrected chi connectivity index (χ3v) is 2.25. The first-order chi connectivity index (χ1) is 6.22. The van der Waals surface area contributed by atoms with Gasteiger partial charge in [0.15, 0.2) is 0 Å². The molecule has 0 atom stereocenters. The second kappa shape index (κ2) is 2.85. The van der Waals surface area contributed by atoms with Gasteiger partial charge in [-0.2, -0.15) is 0 Å². The summed E-state index contributed by atoms with van der Waals surface area (Å²) >= 11 is 0. The van der Waals surface area contributed by atoms with Crippen LogP contribution >= 0.6 is 0 Å². The van der Waals surface area contributed by atoms with E-state index in [0.29, 0.717) is 32.0 Å². The Labute approximate surface area is 74.4 Å². The van der Waals surface area contributed by atoms with Crippen molar-refractivity contribution in [2.75, 3.05) is 36.9 Å². The molecule has 0 amide bonds. The average molecular weight is 182 g/mol. The standard InChI is InChI=1S/C8H10N2O3/c9-5-6(8(12)7(5)11)10-1-3-13-4-2-10/h1-4,9H2. The van der Waals surface area contributed by atoms with Crippen LogP contribution in [0, 0.1) is 0 Å². The molecular weight excluding hydrogens is 172 g/mol. The Morgan fingerprint density at radius 3 is 2.31 bits per heavy atom. The smallest absolute Gasteiger partial charge is 0.253 e. The van der Waals surface area contributed by atoms with Crippen LogP contribution in [0.1, 0.15) is 0 Å². The van der Waals surface area contributed by atoms with Gasteiger partial charge in [-0.05, 0) is 0 Å². The molecule has 70 valence electrons. The van der Waals surface area contributed by atoms with Crippen LogP contribution in [0.4, 0.5) is 11.4 Å². The lowest BCUT2D eigenvalue weighted by atomic mass is 10.1. The summed E-state index contributed by atoms with van der Waals surface area (Å²) < 4.78 is 5.11. The maximum absolute atomic E-state index is 11.1. The van der Waals surface area contributed by atoms with Crippen LogP contribution in [0.5, 0.6) is 0 Å². The van der Waals surface area contributed by atoms with E-state index in [9.17, 15) is 9.59 Å². The van der Waals surface area contributed by atoms with E-state index >= 15 is 0 Å². The molecule has 1 aliphatic heterocycles. The normalized spacial score (nSPS) is 18.0. The number of nitrogens with zero attached hydrogens (tertiary/aromatic N) is 1. The van der Waals surface area contributed by atoms with Gasteiger partial charge in [-0.3, -0.25) is 9.59 Å². The molecule has 0 aromatic heterocycles. The van der Waals surface area contributed by atoms with Crippen molar-refractivity contribution in [2.24, 2.45) is 0 Å². The van der Waals surface area contributed by atoms with Crippen molar-refractivity contribution in [1.82, 2.24) is 0 Å². The minimum atomic E-state index is -0.554. The summed E-state index contributed by atoms with van der Waals surface area (Å²) in [4.78, 5) is 23.7. The molecule has 0 radical (unpaired) electrons. The second-order valence-corrected chi connectivity index (χ2v) is 3.02. The maximum atomic E-state index is 11.1. The van der Waals surface area contributed by atoms with Crippen LogP contribution in [-0.4, -0.2) is 26.3 Å². The highest BCUT2D eigenvalue weighted by Gasteiger charge is 2.24. The number of hydrogen-bond acceptors (Lipinski definition) is 5. The number of morpholine rings is 1. The Morgan fingerprint density at radius 1 is 1.15 bits per heavy atom. The molecule has 1 aromatic rings. The van der Waals surface area contributed by atoms with Gasteiger partial charge in [0, 0.05) is 13.1 Å².